The van der Waals surface area contributed by atoms with Gasteiger partial charge < -0.3 is 10.1 Å². The Kier molecular flexibility index (Phi) is 5.37. The molecule has 2 nitrogen and oxygen atoms in total. The monoisotopic (exact) mass is 351 g/mol. The zero-order valence-corrected chi connectivity index (χ0v) is 14.0. The van der Waals surface area contributed by atoms with Gasteiger partial charge in [-0.25, -0.2) is 4.39 Å². The maximum atomic E-state index is 14.6. The van der Waals surface area contributed by atoms with E-state index < -0.39 is 0 Å². The van der Waals surface area contributed by atoms with Crippen molar-refractivity contribution < 1.29 is 9.13 Å². The molecule has 0 bridgehead atoms. The molecular formula is C17H19BrFNO. The van der Waals surface area contributed by atoms with E-state index >= 15 is 0 Å². The third-order valence-electron chi connectivity index (χ3n) is 3.39. The standard InChI is InChI=1S/C17H19BrFNO/c1-4-20-17(13-10-11(2)8-9-14(13)18)12-6-5-7-15(21-3)16(12)19/h5-10,17,20H,4H2,1-3H3. The van der Waals surface area contributed by atoms with Crippen molar-refractivity contribution in [1.82, 2.24) is 5.32 Å². The number of aryl methyl sites for hydroxylation is 1. The molecule has 0 aliphatic rings. The van der Waals surface area contributed by atoms with Crippen molar-refractivity contribution in [3.63, 3.8) is 0 Å². The molecule has 2 rings (SSSR count). The Bertz CT molecular complexity index is 630. The second-order valence-electron chi connectivity index (χ2n) is 4.88. The average Bonchev–Trinajstić information content (AvgIpc) is 2.48. The summed E-state index contributed by atoms with van der Waals surface area (Å²) in [5.74, 6) is -0.0569. The number of methoxy groups -OCH3 is 1. The van der Waals surface area contributed by atoms with E-state index in [2.05, 4.69) is 27.3 Å². The van der Waals surface area contributed by atoms with Crippen molar-refractivity contribution in [1.29, 1.82) is 0 Å². The van der Waals surface area contributed by atoms with Crippen LogP contribution in [0.1, 0.15) is 29.7 Å². The van der Waals surface area contributed by atoms with E-state index in [9.17, 15) is 4.39 Å². The zero-order chi connectivity index (χ0) is 15.4. The van der Waals surface area contributed by atoms with Crippen molar-refractivity contribution >= 4 is 15.9 Å². The molecule has 0 saturated carbocycles. The van der Waals surface area contributed by atoms with Crippen LogP contribution in [0.25, 0.3) is 0 Å². The van der Waals surface area contributed by atoms with Gasteiger partial charge in [0.2, 0.25) is 0 Å². The van der Waals surface area contributed by atoms with E-state index in [1.165, 1.54) is 7.11 Å². The molecule has 0 radical (unpaired) electrons. The van der Waals surface area contributed by atoms with Gasteiger partial charge >= 0.3 is 0 Å². The van der Waals surface area contributed by atoms with Gasteiger partial charge in [-0.15, -0.1) is 0 Å². The van der Waals surface area contributed by atoms with Gasteiger partial charge in [0.1, 0.15) is 0 Å². The maximum Gasteiger partial charge on any atom is 0.170 e. The first-order valence-electron chi connectivity index (χ1n) is 6.90. The lowest BCUT2D eigenvalue weighted by atomic mass is 9.96. The predicted octanol–water partition coefficient (Wildman–Crippen LogP) is 4.60. The number of rotatable bonds is 5. The highest BCUT2D eigenvalue weighted by Crippen LogP contribution is 2.33. The van der Waals surface area contributed by atoms with Crippen LogP contribution in [-0.2, 0) is 0 Å². The van der Waals surface area contributed by atoms with Gasteiger partial charge in [-0.2, -0.15) is 0 Å². The number of nitrogens with one attached hydrogen (secondary N) is 1. The van der Waals surface area contributed by atoms with Gasteiger partial charge in [-0.3, -0.25) is 0 Å². The summed E-state index contributed by atoms with van der Waals surface area (Å²) in [7, 11) is 1.48. The van der Waals surface area contributed by atoms with E-state index in [1.54, 1.807) is 12.1 Å². The fourth-order valence-electron chi connectivity index (χ4n) is 2.38. The summed E-state index contributed by atoms with van der Waals surface area (Å²) >= 11 is 3.56. The molecule has 1 N–H and O–H groups in total. The van der Waals surface area contributed by atoms with E-state index in [0.29, 0.717) is 5.56 Å². The highest BCUT2D eigenvalue weighted by atomic mass is 79.9. The smallest absolute Gasteiger partial charge is 0.170 e. The fraction of sp³-hybridized carbons (Fsp3) is 0.294. The molecule has 0 amide bonds. The zero-order valence-electron chi connectivity index (χ0n) is 12.4. The number of halogens is 2. The first-order valence-corrected chi connectivity index (χ1v) is 7.69. The third kappa shape index (κ3) is 3.44. The molecule has 0 saturated heterocycles. The van der Waals surface area contributed by atoms with Crippen LogP contribution in [0.2, 0.25) is 0 Å². The van der Waals surface area contributed by atoms with Gasteiger partial charge in [0, 0.05) is 10.0 Å². The summed E-state index contributed by atoms with van der Waals surface area (Å²) in [6.07, 6.45) is 0. The van der Waals surface area contributed by atoms with Crippen LogP contribution in [0.3, 0.4) is 0 Å². The molecule has 2 aromatic rings. The minimum absolute atomic E-state index is 0.223. The fourth-order valence-corrected chi connectivity index (χ4v) is 2.86. The van der Waals surface area contributed by atoms with Gasteiger partial charge in [-0.1, -0.05) is 52.7 Å². The van der Waals surface area contributed by atoms with Gasteiger partial charge in [0.15, 0.2) is 11.6 Å². The van der Waals surface area contributed by atoms with Crippen LogP contribution < -0.4 is 10.1 Å². The lowest BCUT2D eigenvalue weighted by molar-refractivity contribution is 0.381. The summed E-state index contributed by atoms with van der Waals surface area (Å²) in [4.78, 5) is 0. The second-order valence-corrected chi connectivity index (χ2v) is 5.73. The first kappa shape index (κ1) is 16.0. The number of hydrogen-bond acceptors (Lipinski definition) is 2. The molecule has 0 fully saturated rings. The SMILES string of the molecule is CCNC(c1cc(C)ccc1Br)c1cccc(OC)c1F. The van der Waals surface area contributed by atoms with Crippen LogP contribution in [0.4, 0.5) is 4.39 Å². The van der Waals surface area contributed by atoms with Crippen molar-refractivity contribution in [3.8, 4) is 5.75 Å². The van der Waals surface area contributed by atoms with Crippen molar-refractivity contribution in [3.05, 3.63) is 63.4 Å². The summed E-state index contributed by atoms with van der Waals surface area (Å²) in [6, 6.07) is 11.1. The Labute approximate surface area is 133 Å². The average molecular weight is 352 g/mol. The van der Waals surface area contributed by atoms with E-state index in [-0.39, 0.29) is 17.6 Å². The van der Waals surface area contributed by atoms with Crippen LogP contribution in [0, 0.1) is 12.7 Å². The van der Waals surface area contributed by atoms with Gasteiger partial charge in [-0.05, 0) is 31.2 Å². The van der Waals surface area contributed by atoms with E-state index in [4.69, 9.17) is 4.74 Å². The molecule has 1 atom stereocenters. The van der Waals surface area contributed by atoms with Gasteiger partial charge in [0.25, 0.3) is 0 Å². The first-order chi connectivity index (χ1) is 10.1. The molecule has 21 heavy (non-hydrogen) atoms. The van der Waals surface area contributed by atoms with Crippen LogP contribution in [-0.4, -0.2) is 13.7 Å². The molecule has 0 spiro atoms. The number of ether oxygens (including phenoxy) is 1. The molecule has 0 aliphatic carbocycles. The lowest BCUT2D eigenvalue weighted by Crippen LogP contribution is -2.23. The summed E-state index contributed by atoms with van der Waals surface area (Å²) in [5.41, 5.74) is 2.74. The topological polar surface area (TPSA) is 21.3 Å². The van der Waals surface area contributed by atoms with E-state index in [1.807, 2.05) is 32.0 Å². The molecule has 0 aromatic heterocycles. The highest BCUT2D eigenvalue weighted by molar-refractivity contribution is 9.10. The Morgan fingerprint density at radius 3 is 2.67 bits per heavy atom. The Hall–Kier alpha value is -1.39. The van der Waals surface area contributed by atoms with E-state index in [0.717, 1.165) is 22.1 Å². The lowest BCUT2D eigenvalue weighted by Gasteiger charge is -2.22. The van der Waals surface area contributed by atoms with Crippen molar-refractivity contribution in [2.24, 2.45) is 0 Å². The largest absolute Gasteiger partial charge is 0.494 e. The second kappa shape index (κ2) is 7.05. The molecule has 2 aromatic carbocycles. The summed E-state index contributed by atoms with van der Waals surface area (Å²) < 4.78 is 20.6. The summed E-state index contributed by atoms with van der Waals surface area (Å²) in [6.45, 7) is 4.78. The molecule has 0 aliphatic heterocycles. The number of hydrogen-bond donors (Lipinski definition) is 1. The predicted molar refractivity (Wildman–Crippen MR) is 87.4 cm³/mol. The molecular weight excluding hydrogens is 333 g/mol. The minimum atomic E-state index is -0.320. The number of benzene rings is 2. The Balaban J connectivity index is 2.56. The van der Waals surface area contributed by atoms with Crippen molar-refractivity contribution in [2.45, 2.75) is 19.9 Å². The molecule has 4 heteroatoms. The highest BCUT2D eigenvalue weighted by Gasteiger charge is 2.21. The quantitative estimate of drug-likeness (QED) is 0.849. The Morgan fingerprint density at radius 1 is 1.24 bits per heavy atom. The van der Waals surface area contributed by atoms with Crippen LogP contribution >= 0.6 is 15.9 Å². The van der Waals surface area contributed by atoms with Crippen LogP contribution in [0.15, 0.2) is 40.9 Å². The van der Waals surface area contributed by atoms with Gasteiger partial charge in [0.05, 0.1) is 13.2 Å². The summed E-state index contributed by atoms with van der Waals surface area (Å²) in [5, 5.41) is 3.35. The van der Waals surface area contributed by atoms with Crippen molar-refractivity contribution in [2.75, 3.05) is 13.7 Å². The molecule has 0 heterocycles. The third-order valence-corrected chi connectivity index (χ3v) is 4.12. The maximum absolute atomic E-state index is 14.6. The molecule has 1 unspecified atom stereocenters. The van der Waals surface area contributed by atoms with Crippen LogP contribution in [0.5, 0.6) is 5.75 Å². The normalized spacial score (nSPS) is 12.2. The Morgan fingerprint density at radius 2 is 2.00 bits per heavy atom. The minimum Gasteiger partial charge on any atom is -0.494 e. The molecule has 112 valence electrons.